The van der Waals surface area contributed by atoms with Gasteiger partial charge >= 0.3 is 5.97 Å². The van der Waals surface area contributed by atoms with E-state index in [9.17, 15) is 4.79 Å². The third kappa shape index (κ3) is 2.99. The van der Waals surface area contributed by atoms with Crippen LogP contribution in [0.1, 0.15) is 36.2 Å². The third-order valence-corrected chi connectivity index (χ3v) is 2.67. The number of anilines is 1. The molecule has 0 spiro atoms. The summed E-state index contributed by atoms with van der Waals surface area (Å²) in [5.74, 6) is -0.299. The van der Waals surface area contributed by atoms with Crippen LogP contribution in [0.25, 0.3) is 0 Å². The van der Waals surface area contributed by atoms with Crippen molar-refractivity contribution in [2.24, 2.45) is 0 Å². The van der Waals surface area contributed by atoms with E-state index < -0.39 is 0 Å². The first kappa shape index (κ1) is 12.6. The molecule has 1 aromatic rings. The molecule has 16 heavy (non-hydrogen) atoms. The lowest BCUT2D eigenvalue weighted by atomic mass is 10.1. The van der Waals surface area contributed by atoms with E-state index in [1.807, 2.05) is 19.1 Å². The molecule has 1 aromatic carbocycles. The van der Waals surface area contributed by atoms with Crippen molar-refractivity contribution in [1.82, 2.24) is 0 Å². The molecule has 0 heterocycles. The summed E-state index contributed by atoms with van der Waals surface area (Å²) in [6, 6.07) is 5.94. The second-order valence-corrected chi connectivity index (χ2v) is 3.97. The highest BCUT2D eigenvalue weighted by Gasteiger charge is 2.08. The zero-order valence-electron chi connectivity index (χ0n) is 10.3. The third-order valence-electron chi connectivity index (χ3n) is 2.67. The Morgan fingerprint density at radius 3 is 2.75 bits per heavy atom. The number of benzene rings is 1. The zero-order chi connectivity index (χ0) is 12.1. The molecular formula is C13H19NO2. The average Bonchev–Trinajstić information content (AvgIpc) is 2.30. The molecule has 0 saturated heterocycles. The van der Waals surface area contributed by atoms with Crippen molar-refractivity contribution in [2.45, 2.75) is 33.2 Å². The van der Waals surface area contributed by atoms with Crippen LogP contribution in [0.4, 0.5) is 5.69 Å². The largest absolute Gasteiger partial charge is 0.465 e. The van der Waals surface area contributed by atoms with Gasteiger partial charge in [0.2, 0.25) is 0 Å². The molecule has 0 aliphatic rings. The Balaban J connectivity index is 2.94. The molecule has 0 fully saturated rings. The van der Waals surface area contributed by atoms with Gasteiger partial charge in [0, 0.05) is 11.7 Å². The summed E-state index contributed by atoms with van der Waals surface area (Å²) in [5.41, 5.74) is 2.71. The average molecular weight is 221 g/mol. The minimum absolute atomic E-state index is 0.299. The summed E-state index contributed by atoms with van der Waals surface area (Å²) < 4.78 is 4.70. The van der Waals surface area contributed by atoms with Gasteiger partial charge in [-0.1, -0.05) is 13.0 Å². The van der Waals surface area contributed by atoms with Crippen LogP contribution in [-0.4, -0.2) is 19.1 Å². The fourth-order valence-corrected chi connectivity index (χ4v) is 1.39. The van der Waals surface area contributed by atoms with Gasteiger partial charge in [-0.25, -0.2) is 4.79 Å². The molecule has 0 aromatic heterocycles. The lowest BCUT2D eigenvalue weighted by Gasteiger charge is -2.15. The van der Waals surface area contributed by atoms with Gasteiger partial charge in [0.1, 0.15) is 0 Å². The lowest BCUT2D eigenvalue weighted by Crippen LogP contribution is -2.15. The number of rotatable bonds is 4. The van der Waals surface area contributed by atoms with Crippen molar-refractivity contribution in [3.05, 3.63) is 29.3 Å². The SMILES string of the molecule is CCC(C)Nc1cc(C(=O)OC)ccc1C. The topological polar surface area (TPSA) is 38.3 Å². The minimum atomic E-state index is -0.299. The van der Waals surface area contributed by atoms with Crippen LogP contribution < -0.4 is 5.32 Å². The van der Waals surface area contributed by atoms with E-state index >= 15 is 0 Å². The summed E-state index contributed by atoms with van der Waals surface area (Å²) >= 11 is 0. The molecule has 0 saturated carbocycles. The van der Waals surface area contributed by atoms with Gasteiger partial charge in [-0.2, -0.15) is 0 Å². The zero-order valence-corrected chi connectivity index (χ0v) is 10.3. The number of methoxy groups -OCH3 is 1. The predicted molar refractivity (Wildman–Crippen MR) is 65.9 cm³/mol. The summed E-state index contributed by atoms with van der Waals surface area (Å²) in [4.78, 5) is 11.4. The quantitative estimate of drug-likeness (QED) is 0.794. The Labute approximate surface area is 96.8 Å². The molecule has 3 nitrogen and oxygen atoms in total. The van der Waals surface area contributed by atoms with Crippen molar-refractivity contribution in [2.75, 3.05) is 12.4 Å². The molecule has 1 unspecified atom stereocenters. The van der Waals surface area contributed by atoms with Gasteiger partial charge in [0.05, 0.1) is 12.7 Å². The van der Waals surface area contributed by atoms with E-state index in [1.54, 1.807) is 6.07 Å². The van der Waals surface area contributed by atoms with Crippen LogP contribution in [0, 0.1) is 6.92 Å². The summed E-state index contributed by atoms with van der Waals surface area (Å²) in [5, 5.41) is 3.37. The monoisotopic (exact) mass is 221 g/mol. The molecule has 0 amide bonds. The van der Waals surface area contributed by atoms with Crippen molar-refractivity contribution in [3.63, 3.8) is 0 Å². The maximum Gasteiger partial charge on any atom is 0.337 e. The van der Waals surface area contributed by atoms with E-state index in [4.69, 9.17) is 4.74 Å². The van der Waals surface area contributed by atoms with Crippen molar-refractivity contribution >= 4 is 11.7 Å². The van der Waals surface area contributed by atoms with Crippen LogP contribution in [0.15, 0.2) is 18.2 Å². The fourth-order valence-electron chi connectivity index (χ4n) is 1.39. The number of hydrogen-bond acceptors (Lipinski definition) is 3. The van der Waals surface area contributed by atoms with Crippen LogP contribution in [0.5, 0.6) is 0 Å². The summed E-state index contributed by atoms with van der Waals surface area (Å²) in [6.07, 6.45) is 1.04. The molecule has 1 rings (SSSR count). The number of esters is 1. The van der Waals surface area contributed by atoms with E-state index in [2.05, 4.69) is 19.2 Å². The number of carbonyl (C=O) groups excluding carboxylic acids is 1. The number of ether oxygens (including phenoxy) is 1. The fraction of sp³-hybridized carbons (Fsp3) is 0.462. The standard InChI is InChI=1S/C13H19NO2/c1-5-10(3)14-12-8-11(13(15)16-4)7-6-9(12)2/h6-8,10,14H,5H2,1-4H3. The highest BCUT2D eigenvalue weighted by molar-refractivity contribution is 5.90. The minimum Gasteiger partial charge on any atom is -0.465 e. The molecule has 0 radical (unpaired) electrons. The van der Waals surface area contributed by atoms with E-state index in [-0.39, 0.29) is 5.97 Å². The van der Waals surface area contributed by atoms with Crippen LogP contribution in [0.2, 0.25) is 0 Å². The Kier molecular flexibility index (Phi) is 4.35. The van der Waals surface area contributed by atoms with E-state index in [1.165, 1.54) is 7.11 Å². The van der Waals surface area contributed by atoms with Crippen molar-refractivity contribution < 1.29 is 9.53 Å². The van der Waals surface area contributed by atoms with Gasteiger partial charge in [0.25, 0.3) is 0 Å². The molecular weight excluding hydrogens is 202 g/mol. The molecule has 3 heteroatoms. The maximum absolute atomic E-state index is 11.4. The van der Waals surface area contributed by atoms with Crippen molar-refractivity contribution in [3.8, 4) is 0 Å². The first-order chi connectivity index (χ1) is 7.58. The molecule has 88 valence electrons. The molecule has 1 N–H and O–H groups in total. The Hall–Kier alpha value is -1.51. The number of nitrogens with one attached hydrogen (secondary N) is 1. The second-order valence-electron chi connectivity index (χ2n) is 3.97. The summed E-state index contributed by atoms with van der Waals surface area (Å²) in [7, 11) is 1.39. The van der Waals surface area contributed by atoms with Gasteiger partial charge in [-0.05, 0) is 38.0 Å². The second kappa shape index (κ2) is 5.54. The number of hydrogen-bond donors (Lipinski definition) is 1. The normalized spacial score (nSPS) is 12.0. The first-order valence-electron chi connectivity index (χ1n) is 5.54. The molecule has 0 aliphatic carbocycles. The molecule has 0 bridgehead atoms. The van der Waals surface area contributed by atoms with E-state index in [0.29, 0.717) is 11.6 Å². The van der Waals surface area contributed by atoms with E-state index in [0.717, 1.165) is 17.7 Å². The number of carbonyl (C=O) groups is 1. The predicted octanol–water partition coefficient (Wildman–Crippen LogP) is 2.99. The van der Waals surface area contributed by atoms with Crippen LogP contribution >= 0.6 is 0 Å². The summed E-state index contributed by atoms with van der Waals surface area (Å²) in [6.45, 7) is 6.26. The van der Waals surface area contributed by atoms with Crippen molar-refractivity contribution in [1.29, 1.82) is 0 Å². The van der Waals surface area contributed by atoms with Crippen LogP contribution in [0.3, 0.4) is 0 Å². The first-order valence-corrected chi connectivity index (χ1v) is 5.54. The molecule has 0 aliphatic heterocycles. The lowest BCUT2D eigenvalue weighted by molar-refractivity contribution is 0.0601. The Morgan fingerprint density at radius 1 is 1.50 bits per heavy atom. The Bertz CT molecular complexity index is 374. The Morgan fingerprint density at radius 2 is 2.19 bits per heavy atom. The van der Waals surface area contributed by atoms with Gasteiger partial charge < -0.3 is 10.1 Å². The highest BCUT2D eigenvalue weighted by atomic mass is 16.5. The maximum atomic E-state index is 11.4. The van der Waals surface area contributed by atoms with Gasteiger partial charge in [-0.15, -0.1) is 0 Å². The number of aryl methyl sites for hydroxylation is 1. The highest BCUT2D eigenvalue weighted by Crippen LogP contribution is 2.18. The van der Waals surface area contributed by atoms with Gasteiger partial charge in [-0.3, -0.25) is 0 Å². The van der Waals surface area contributed by atoms with Gasteiger partial charge in [0.15, 0.2) is 0 Å². The molecule has 1 atom stereocenters. The van der Waals surface area contributed by atoms with Crippen LogP contribution in [-0.2, 0) is 4.74 Å². The smallest absolute Gasteiger partial charge is 0.337 e.